The van der Waals surface area contributed by atoms with Gasteiger partial charge in [0.15, 0.2) is 5.16 Å². The molecule has 1 heterocycles. The monoisotopic (exact) mass is 394 g/mol. The van der Waals surface area contributed by atoms with Crippen LogP contribution in [0.1, 0.15) is 42.8 Å². The molecule has 3 aromatic rings. The van der Waals surface area contributed by atoms with Crippen LogP contribution in [-0.2, 0) is 4.79 Å². The summed E-state index contributed by atoms with van der Waals surface area (Å²) < 4.78 is 2.01. The maximum Gasteiger partial charge on any atom is 0.230 e. The molecule has 0 fully saturated rings. The molecular formula is C22H26N4OS. The zero-order chi connectivity index (χ0) is 19.9. The van der Waals surface area contributed by atoms with Gasteiger partial charge in [-0.05, 0) is 37.5 Å². The summed E-state index contributed by atoms with van der Waals surface area (Å²) in [5.74, 6) is 1.12. The average Bonchev–Trinajstić information content (AvgIpc) is 3.07. The molecule has 1 amide bonds. The summed E-state index contributed by atoms with van der Waals surface area (Å²) in [6.07, 6.45) is 1.92. The first-order valence-electron chi connectivity index (χ1n) is 9.55. The van der Waals surface area contributed by atoms with Crippen LogP contribution in [0, 0.1) is 13.8 Å². The minimum atomic E-state index is 0.00397. The van der Waals surface area contributed by atoms with E-state index < -0.39 is 0 Å². The number of carbonyl (C=O) groups excluding carboxylic acids is 1. The summed E-state index contributed by atoms with van der Waals surface area (Å²) >= 11 is 1.41. The molecule has 5 nitrogen and oxygen atoms in total. The van der Waals surface area contributed by atoms with Gasteiger partial charge in [-0.2, -0.15) is 0 Å². The highest BCUT2D eigenvalue weighted by molar-refractivity contribution is 7.99. The molecule has 0 bridgehead atoms. The Hall–Kier alpha value is -2.60. The Bertz CT molecular complexity index is 923. The van der Waals surface area contributed by atoms with Crippen molar-refractivity contribution in [3.63, 3.8) is 0 Å². The number of rotatable bonds is 8. The molecule has 0 aliphatic rings. The highest BCUT2D eigenvalue weighted by Crippen LogP contribution is 2.24. The molecule has 0 spiro atoms. The number of hydrogen-bond acceptors (Lipinski definition) is 4. The second kappa shape index (κ2) is 9.55. The van der Waals surface area contributed by atoms with Gasteiger partial charge in [-0.25, -0.2) is 0 Å². The Morgan fingerprint density at radius 2 is 1.79 bits per heavy atom. The van der Waals surface area contributed by atoms with Gasteiger partial charge in [-0.3, -0.25) is 9.36 Å². The SMILES string of the molecule is CCC[C@@H](NC(=O)CSc1nnc(C)n1-c1ccccc1C)c1ccccc1. The third kappa shape index (κ3) is 4.81. The van der Waals surface area contributed by atoms with Gasteiger partial charge >= 0.3 is 0 Å². The Kier molecular flexibility index (Phi) is 6.87. The van der Waals surface area contributed by atoms with Crippen molar-refractivity contribution in [2.24, 2.45) is 0 Å². The van der Waals surface area contributed by atoms with Crippen LogP contribution >= 0.6 is 11.8 Å². The lowest BCUT2D eigenvalue weighted by atomic mass is 10.0. The van der Waals surface area contributed by atoms with E-state index in [1.54, 1.807) is 0 Å². The molecule has 0 aliphatic heterocycles. The lowest BCUT2D eigenvalue weighted by Gasteiger charge is -2.18. The van der Waals surface area contributed by atoms with Crippen molar-refractivity contribution in [1.82, 2.24) is 20.1 Å². The number of nitrogens with one attached hydrogen (secondary N) is 1. The Morgan fingerprint density at radius 3 is 2.50 bits per heavy atom. The van der Waals surface area contributed by atoms with E-state index in [0.717, 1.165) is 40.6 Å². The normalized spacial score (nSPS) is 12.0. The van der Waals surface area contributed by atoms with E-state index in [4.69, 9.17) is 0 Å². The molecule has 0 saturated carbocycles. The van der Waals surface area contributed by atoms with Gasteiger partial charge in [0, 0.05) is 0 Å². The molecule has 0 unspecified atom stereocenters. The van der Waals surface area contributed by atoms with Gasteiger partial charge in [0.05, 0.1) is 17.5 Å². The van der Waals surface area contributed by atoms with Crippen LogP contribution in [0.2, 0.25) is 0 Å². The van der Waals surface area contributed by atoms with Crippen molar-refractivity contribution >= 4 is 17.7 Å². The fraction of sp³-hybridized carbons (Fsp3) is 0.318. The van der Waals surface area contributed by atoms with Crippen LogP contribution in [0.3, 0.4) is 0 Å². The van der Waals surface area contributed by atoms with Crippen LogP contribution in [0.4, 0.5) is 0 Å². The van der Waals surface area contributed by atoms with E-state index in [2.05, 4.69) is 47.6 Å². The first-order valence-corrected chi connectivity index (χ1v) is 10.5. The van der Waals surface area contributed by atoms with Gasteiger partial charge in [-0.15, -0.1) is 10.2 Å². The van der Waals surface area contributed by atoms with E-state index in [9.17, 15) is 4.79 Å². The minimum Gasteiger partial charge on any atom is -0.349 e. The summed E-state index contributed by atoms with van der Waals surface area (Å²) in [5, 5.41) is 12.4. The summed E-state index contributed by atoms with van der Waals surface area (Å²) in [6.45, 7) is 6.12. The zero-order valence-electron chi connectivity index (χ0n) is 16.6. The Labute approximate surface area is 170 Å². The number of aromatic nitrogens is 3. The van der Waals surface area contributed by atoms with Gasteiger partial charge in [0.25, 0.3) is 0 Å². The molecule has 3 rings (SSSR count). The summed E-state index contributed by atoms with van der Waals surface area (Å²) in [4.78, 5) is 12.6. The van der Waals surface area contributed by atoms with Gasteiger partial charge in [-0.1, -0.05) is 73.6 Å². The van der Waals surface area contributed by atoms with Crippen LogP contribution < -0.4 is 5.32 Å². The van der Waals surface area contributed by atoms with E-state index in [1.165, 1.54) is 11.8 Å². The fourth-order valence-electron chi connectivity index (χ4n) is 3.19. The van der Waals surface area contributed by atoms with Crippen LogP contribution in [0.15, 0.2) is 59.8 Å². The molecule has 1 N–H and O–H groups in total. The van der Waals surface area contributed by atoms with E-state index in [1.807, 2.05) is 47.9 Å². The first kappa shape index (κ1) is 20.1. The molecule has 0 radical (unpaired) electrons. The quantitative estimate of drug-likeness (QED) is 0.566. The number of thioether (sulfide) groups is 1. The summed E-state index contributed by atoms with van der Waals surface area (Å²) in [6, 6.07) is 18.3. The van der Waals surface area contributed by atoms with Gasteiger partial charge in [0.2, 0.25) is 5.91 Å². The smallest absolute Gasteiger partial charge is 0.230 e. The van der Waals surface area contributed by atoms with Gasteiger partial charge in [0.1, 0.15) is 5.82 Å². The number of amides is 1. The predicted molar refractivity (Wildman–Crippen MR) is 114 cm³/mol. The molecule has 1 atom stereocenters. The number of aryl methyl sites for hydroxylation is 2. The average molecular weight is 395 g/mol. The topological polar surface area (TPSA) is 59.8 Å². The maximum absolute atomic E-state index is 12.6. The molecule has 2 aromatic carbocycles. The minimum absolute atomic E-state index is 0.00397. The van der Waals surface area contributed by atoms with Crippen LogP contribution in [-0.4, -0.2) is 26.4 Å². The number of benzene rings is 2. The molecule has 146 valence electrons. The zero-order valence-corrected chi connectivity index (χ0v) is 17.4. The molecular weight excluding hydrogens is 368 g/mol. The van der Waals surface area contributed by atoms with Crippen LogP contribution in [0.5, 0.6) is 0 Å². The first-order chi connectivity index (χ1) is 13.6. The number of hydrogen-bond donors (Lipinski definition) is 1. The largest absolute Gasteiger partial charge is 0.349 e. The highest BCUT2D eigenvalue weighted by Gasteiger charge is 2.17. The Balaban J connectivity index is 1.69. The highest BCUT2D eigenvalue weighted by atomic mass is 32.2. The van der Waals surface area contributed by atoms with Crippen molar-refractivity contribution in [3.05, 3.63) is 71.5 Å². The molecule has 0 saturated heterocycles. The summed E-state index contributed by atoms with van der Waals surface area (Å²) in [7, 11) is 0. The summed E-state index contributed by atoms with van der Waals surface area (Å²) in [5.41, 5.74) is 3.33. The van der Waals surface area contributed by atoms with Crippen LogP contribution in [0.25, 0.3) is 5.69 Å². The van der Waals surface area contributed by atoms with Crippen molar-refractivity contribution in [3.8, 4) is 5.69 Å². The second-order valence-corrected chi connectivity index (χ2v) is 7.70. The predicted octanol–water partition coefficient (Wildman–Crippen LogP) is 4.63. The van der Waals surface area contributed by atoms with Crippen molar-refractivity contribution in [1.29, 1.82) is 0 Å². The van der Waals surface area contributed by atoms with E-state index in [-0.39, 0.29) is 11.9 Å². The van der Waals surface area contributed by atoms with Crippen molar-refractivity contribution < 1.29 is 4.79 Å². The second-order valence-electron chi connectivity index (χ2n) is 6.76. The van der Waals surface area contributed by atoms with E-state index >= 15 is 0 Å². The molecule has 6 heteroatoms. The molecule has 28 heavy (non-hydrogen) atoms. The third-order valence-corrected chi connectivity index (χ3v) is 5.53. The third-order valence-electron chi connectivity index (χ3n) is 4.60. The standard InChI is InChI=1S/C22H26N4OS/c1-4-10-19(18-12-6-5-7-13-18)23-21(27)15-28-22-25-24-17(3)26(22)20-14-9-8-11-16(20)2/h5-9,11-14,19H,4,10,15H2,1-3H3,(H,23,27)/t19-/m1/s1. The number of para-hydroxylation sites is 1. The lowest BCUT2D eigenvalue weighted by Crippen LogP contribution is -2.30. The van der Waals surface area contributed by atoms with Crippen molar-refractivity contribution in [2.45, 2.75) is 44.8 Å². The Morgan fingerprint density at radius 1 is 1.07 bits per heavy atom. The maximum atomic E-state index is 12.6. The number of carbonyl (C=O) groups is 1. The molecule has 0 aliphatic carbocycles. The lowest BCUT2D eigenvalue weighted by molar-refractivity contribution is -0.119. The number of nitrogens with zero attached hydrogens (tertiary/aromatic N) is 3. The van der Waals surface area contributed by atoms with E-state index in [0.29, 0.717) is 5.75 Å². The van der Waals surface area contributed by atoms with Gasteiger partial charge < -0.3 is 5.32 Å². The fourth-order valence-corrected chi connectivity index (χ4v) is 3.99. The molecule has 1 aromatic heterocycles. The van der Waals surface area contributed by atoms with Crippen molar-refractivity contribution in [2.75, 3.05) is 5.75 Å².